The summed E-state index contributed by atoms with van der Waals surface area (Å²) in [6.45, 7) is 0.867. The third-order valence-electron chi connectivity index (χ3n) is 3.16. The Morgan fingerprint density at radius 3 is 2.77 bits per heavy atom. The van der Waals surface area contributed by atoms with Gasteiger partial charge in [0.2, 0.25) is 0 Å². The van der Waals surface area contributed by atoms with Crippen molar-refractivity contribution in [3.63, 3.8) is 0 Å². The summed E-state index contributed by atoms with van der Waals surface area (Å²) in [7, 11) is 0. The lowest BCUT2D eigenvalue weighted by molar-refractivity contribution is 0.197. The van der Waals surface area contributed by atoms with Crippen LogP contribution in [0.3, 0.4) is 0 Å². The largest absolute Gasteiger partial charge is 0.501 e. The SMILES string of the molecule is NNC(C1=COCCC1)C1CCC1. The second kappa shape index (κ2) is 4.11. The van der Waals surface area contributed by atoms with Gasteiger partial charge in [-0.05, 0) is 37.2 Å². The molecule has 0 aromatic rings. The summed E-state index contributed by atoms with van der Waals surface area (Å²) in [6.07, 6.45) is 8.17. The van der Waals surface area contributed by atoms with Crippen molar-refractivity contribution in [3.8, 4) is 0 Å². The van der Waals surface area contributed by atoms with Gasteiger partial charge < -0.3 is 4.74 Å². The minimum atomic E-state index is 0.369. The van der Waals surface area contributed by atoms with Crippen LogP contribution in [0.2, 0.25) is 0 Å². The molecule has 74 valence electrons. The normalized spacial score (nSPS) is 25.8. The van der Waals surface area contributed by atoms with E-state index in [1.807, 2.05) is 6.26 Å². The lowest BCUT2D eigenvalue weighted by Crippen LogP contribution is -2.45. The Hall–Kier alpha value is -0.540. The van der Waals surface area contributed by atoms with E-state index < -0.39 is 0 Å². The van der Waals surface area contributed by atoms with Crippen molar-refractivity contribution in [1.82, 2.24) is 5.43 Å². The van der Waals surface area contributed by atoms with E-state index in [9.17, 15) is 0 Å². The van der Waals surface area contributed by atoms with Gasteiger partial charge in [-0.15, -0.1) is 0 Å². The molecule has 0 radical (unpaired) electrons. The molecule has 13 heavy (non-hydrogen) atoms. The number of rotatable bonds is 3. The Labute approximate surface area is 79.3 Å². The van der Waals surface area contributed by atoms with Crippen molar-refractivity contribution in [2.24, 2.45) is 11.8 Å². The first kappa shape index (κ1) is 9.03. The van der Waals surface area contributed by atoms with Crippen molar-refractivity contribution in [3.05, 3.63) is 11.8 Å². The van der Waals surface area contributed by atoms with E-state index in [-0.39, 0.29) is 0 Å². The van der Waals surface area contributed by atoms with Gasteiger partial charge in [0, 0.05) is 6.04 Å². The van der Waals surface area contributed by atoms with Crippen LogP contribution < -0.4 is 11.3 Å². The molecule has 1 heterocycles. The fraction of sp³-hybridized carbons (Fsp3) is 0.800. The average Bonchev–Trinajstić information content (AvgIpc) is 2.12. The maximum Gasteiger partial charge on any atom is 0.0876 e. The fourth-order valence-electron chi connectivity index (χ4n) is 2.13. The first-order valence-corrected chi connectivity index (χ1v) is 5.18. The van der Waals surface area contributed by atoms with Crippen LogP contribution in [0.15, 0.2) is 11.8 Å². The molecule has 3 nitrogen and oxygen atoms in total. The van der Waals surface area contributed by atoms with Crippen LogP contribution in [0.5, 0.6) is 0 Å². The minimum Gasteiger partial charge on any atom is -0.501 e. The van der Waals surface area contributed by atoms with Crippen LogP contribution >= 0.6 is 0 Å². The van der Waals surface area contributed by atoms with Crippen LogP contribution in [-0.4, -0.2) is 12.6 Å². The molecule has 1 saturated carbocycles. The molecule has 1 unspecified atom stereocenters. The molecule has 3 N–H and O–H groups in total. The van der Waals surface area contributed by atoms with E-state index in [1.54, 1.807) is 0 Å². The zero-order chi connectivity index (χ0) is 9.10. The Bertz CT molecular complexity index is 199. The molecule has 0 amide bonds. The summed E-state index contributed by atoms with van der Waals surface area (Å²) in [5, 5.41) is 0. The van der Waals surface area contributed by atoms with Gasteiger partial charge in [0.1, 0.15) is 0 Å². The number of nitrogens with two attached hydrogens (primary N) is 1. The summed E-state index contributed by atoms with van der Waals surface area (Å²) < 4.78 is 5.33. The van der Waals surface area contributed by atoms with Crippen molar-refractivity contribution in [1.29, 1.82) is 0 Å². The second-order valence-corrected chi connectivity index (χ2v) is 4.00. The predicted molar refractivity (Wildman–Crippen MR) is 51.7 cm³/mol. The zero-order valence-corrected chi connectivity index (χ0v) is 7.96. The Morgan fingerprint density at radius 2 is 2.31 bits per heavy atom. The highest BCUT2D eigenvalue weighted by molar-refractivity contribution is 5.12. The molecule has 0 aromatic heterocycles. The molecule has 2 rings (SSSR count). The maximum atomic E-state index is 5.57. The number of ether oxygens (including phenoxy) is 1. The van der Waals surface area contributed by atoms with Gasteiger partial charge >= 0.3 is 0 Å². The van der Waals surface area contributed by atoms with Gasteiger partial charge in [0.05, 0.1) is 12.9 Å². The van der Waals surface area contributed by atoms with Gasteiger partial charge in [-0.1, -0.05) is 6.42 Å². The molecule has 1 aliphatic carbocycles. The molecule has 0 spiro atoms. The summed E-state index contributed by atoms with van der Waals surface area (Å²) in [4.78, 5) is 0. The number of hydrogen-bond acceptors (Lipinski definition) is 3. The Balaban J connectivity index is 1.97. The second-order valence-electron chi connectivity index (χ2n) is 4.00. The zero-order valence-electron chi connectivity index (χ0n) is 7.96. The van der Waals surface area contributed by atoms with Crippen molar-refractivity contribution < 1.29 is 4.74 Å². The molecular weight excluding hydrogens is 164 g/mol. The third kappa shape index (κ3) is 1.86. The molecule has 0 aromatic carbocycles. The number of nitrogens with one attached hydrogen (secondary N) is 1. The maximum absolute atomic E-state index is 5.57. The summed E-state index contributed by atoms with van der Waals surface area (Å²) >= 11 is 0. The smallest absolute Gasteiger partial charge is 0.0876 e. The van der Waals surface area contributed by atoms with E-state index in [0.29, 0.717) is 6.04 Å². The monoisotopic (exact) mass is 182 g/mol. The highest BCUT2D eigenvalue weighted by atomic mass is 16.5. The van der Waals surface area contributed by atoms with Crippen LogP contribution in [0.25, 0.3) is 0 Å². The lowest BCUT2D eigenvalue weighted by Gasteiger charge is -2.35. The van der Waals surface area contributed by atoms with Gasteiger partial charge in [0.25, 0.3) is 0 Å². The quantitative estimate of drug-likeness (QED) is 0.511. The van der Waals surface area contributed by atoms with Gasteiger partial charge in [-0.25, -0.2) is 0 Å². The molecule has 1 atom stereocenters. The van der Waals surface area contributed by atoms with E-state index in [1.165, 1.54) is 24.8 Å². The molecule has 0 saturated heterocycles. The first-order chi connectivity index (χ1) is 6.42. The van der Waals surface area contributed by atoms with Crippen molar-refractivity contribution >= 4 is 0 Å². The van der Waals surface area contributed by atoms with Crippen molar-refractivity contribution in [2.75, 3.05) is 6.61 Å². The van der Waals surface area contributed by atoms with E-state index in [4.69, 9.17) is 10.6 Å². The Morgan fingerprint density at radius 1 is 1.46 bits per heavy atom. The van der Waals surface area contributed by atoms with E-state index in [0.717, 1.165) is 25.4 Å². The summed E-state index contributed by atoms with van der Waals surface area (Å²) in [5.41, 5.74) is 4.29. The van der Waals surface area contributed by atoms with Gasteiger partial charge in [-0.3, -0.25) is 11.3 Å². The van der Waals surface area contributed by atoms with Crippen LogP contribution in [-0.2, 0) is 4.74 Å². The van der Waals surface area contributed by atoms with E-state index >= 15 is 0 Å². The molecular formula is C10H18N2O. The Kier molecular flexibility index (Phi) is 2.86. The van der Waals surface area contributed by atoms with Crippen LogP contribution in [0.4, 0.5) is 0 Å². The average molecular weight is 182 g/mol. The highest BCUT2D eigenvalue weighted by Gasteiger charge is 2.29. The fourth-order valence-corrected chi connectivity index (χ4v) is 2.13. The molecule has 2 aliphatic rings. The van der Waals surface area contributed by atoms with E-state index in [2.05, 4.69) is 5.43 Å². The summed E-state index contributed by atoms with van der Waals surface area (Å²) in [5.74, 6) is 6.32. The first-order valence-electron chi connectivity index (χ1n) is 5.18. The predicted octanol–water partition coefficient (Wildman–Crippen LogP) is 1.31. The summed E-state index contributed by atoms with van der Waals surface area (Å²) in [6, 6.07) is 0.369. The molecule has 3 heteroatoms. The van der Waals surface area contributed by atoms with Crippen LogP contribution in [0, 0.1) is 5.92 Å². The van der Waals surface area contributed by atoms with Gasteiger partial charge in [0.15, 0.2) is 0 Å². The standard InChI is InChI=1S/C10H18N2O/c11-12-10(8-3-1-4-8)9-5-2-6-13-7-9/h7-8,10,12H,1-6,11H2. The molecule has 0 bridgehead atoms. The number of hydrogen-bond donors (Lipinski definition) is 2. The topological polar surface area (TPSA) is 47.3 Å². The van der Waals surface area contributed by atoms with Crippen molar-refractivity contribution in [2.45, 2.75) is 38.1 Å². The molecule has 1 fully saturated rings. The highest BCUT2D eigenvalue weighted by Crippen LogP contribution is 2.34. The lowest BCUT2D eigenvalue weighted by atomic mass is 9.76. The van der Waals surface area contributed by atoms with Gasteiger partial charge in [-0.2, -0.15) is 0 Å². The minimum absolute atomic E-state index is 0.369. The molecule has 1 aliphatic heterocycles. The number of hydrazine groups is 1. The third-order valence-corrected chi connectivity index (χ3v) is 3.16. The van der Waals surface area contributed by atoms with Crippen LogP contribution in [0.1, 0.15) is 32.1 Å².